The molecule has 5 nitrogen and oxygen atoms in total. The first-order valence-corrected chi connectivity index (χ1v) is 8.53. The van der Waals surface area contributed by atoms with Gasteiger partial charge in [-0.1, -0.05) is 25.8 Å². The van der Waals surface area contributed by atoms with Gasteiger partial charge < -0.3 is 5.32 Å². The Morgan fingerprint density at radius 2 is 2.27 bits per heavy atom. The van der Waals surface area contributed by atoms with E-state index < -0.39 is 0 Å². The highest BCUT2D eigenvalue weighted by molar-refractivity contribution is 7.71. The molecular weight excluding hydrogens is 296 g/mol. The summed E-state index contributed by atoms with van der Waals surface area (Å²) in [6.45, 7) is 4.87. The van der Waals surface area contributed by atoms with E-state index in [4.69, 9.17) is 12.2 Å². The van der Waals surface area contributed by atoms with Crippen LogP contribution in [0.25, 0.3) is 0 Å². The summed E-state index contributed by atoms with van der Waals surface area (Å²) in [5, 5.41) is 10.0. The Labute approximate surface area is 136 Å². The van der Waals surface area contributed by atoms with Crippen molar-refractivity contribution in [1.82, 2.24) is 20.1 Å². The molecule has 6 heteroatoms. The van der Waals surface area contributed by atoms with Crippen LogP contribution in [0.4, 0.5) is 0 Å². The van der Waals surface area contributed by atoms with Crippen molar-refractivity contribution >= 4 is 18.1 Å². The molecule has 22 heavy (non-hydrogen) atoms. The first-order valence-electron chi connectivity index (χ1n) is 8.12. The van der Waals surface area contributed by atoms with E-state index in [-0.39, 0.29) is 11.3 Å². The highest BCUT2D eigenvalue weighted by atomic mass is 32.1. The van der Waals surface area contributed by atoms with Crippen molar-refractivity contribution in [3.8, 4) is 0 Å². The second-order valence-electron chi connectivity index (χ2n) is 7.02. The lowest BCUT2D eigenvalue weighted by atomic mass is 9.73. The Kier molecular flexibility index (Phi) is 4.21. The van der Waals surface area contributed by atoms with Gasteiger partial charge in [0.1, 0.15) is 0 Å². The standard InChI is InChI=1S/C16H24N4OS/c1-16(2)8-4-3-5-11(16)9-14(21)17-10-13-18-19-15(22)20(13)12-6-7-12/h9,12H,3-8,10H2,1-2H3,(H,17,21)(H,19,22)/b11-9-. The van der Waals surface area contributed by atoms with Crippen LogP contribution in [-0.4, -0.2) is 20.7 Å². The fourth-order valence-corrected chi connectivity index (χ4v) is 3.50. The van der Waals surface area contributed by atoms with E-state index >= 15 is 0 Å². The van der Waals surface area contributed by atoms with Crippen molar-refractivity contribution in [3.63, 3.8) is 0 Å². The van der Waals surface area contributed by atoms with Crippen molar-refractivity contribution in [2.24, 2.45) is 5.41 Å². The van der Waals surface area contributed by atoms with E-state index in [1.165, 1.54) is 18.4 Å². The third-order valence-corrected chi connectivity index (χ3v) is 5.07. The lowest BCUT2D eigenvalue weighted by Crippen LogP contribution is -2.26. The third-order valence-electron chi connectivity index (χ3n) is 4.78. The summed E-state index contributed by atoms with van der Waals surface area (Å²) in [5.74, 6) is 0.795. The molecule has 0 bridgehead atoms. The quantitative estimate of drug-likeness (QED) is 0.660. The van der Waals surface area contributed by atoms with Crippen molar-refractivity contribution in [2.45, 2.75) is 65.0 Å². The minimum absolute atomic E-state index is 0.0266. The third kappa shape index (κ3) is 3.32. The van der Waals surface area contributed by atoms with E-state index in [2.05, 4.69) is 29.4 Å². The SMILES string of the molecule is CC1(C)CCCC/C1=C/C(=O)NCc1n[nH]c(=S)n1C1CC1. The average Bonchev–Trinajstić information content (AvgIpc) is 3.22. The summed E-state index contributed by atoms with van der Waals surface area (Å²) in [7, 11) is 0. The Hall–Kier alpha value is -1.43. The van der Waals surface area contributed by atoms with Crippen LogP contribution in [0.3, 0.4) is 0 Å². The Morgan fingerprint density at radius 1 is 1.50 bits per heavy atom. The minimum atomic E-state index is -0.0266. The van der Waals surface area contributed by atoms with E-state index in [0.29, 0.717) is 17.4 Å². The molecule has 0 spiro atoms. The minimum Gasteiger partial charge on any atom is -0.345 e. The van der Waals surface area contributed by atoms with Crippen LogP contribution in [0.5, 0.6) is 0 Å². The molecule has 0 aromatic carbocycles. The van der Waals surface area contributed by atoms with Gasteiger partial charge >= 0.3 is 0 Å². The molecule has 2 aliphatic carbocycles. The summed E-state index contributed by atoms with van der Waals surface area (Å²) in [4.78, 5) is 12.2. The lowest BCUT2D eigenvalue weighted by molar-refractivity contribution is -0.116. The zero-order valence-corrected chi connectivity index (χ0v) is 14.1. The molecule has 1 aromatic rings. The van der Waals surface area contributed by atoms with Crippen LogP contribution in [0, 0.1) is 10.2 Å². The van der Waals surface area contributed by atoms with Crippen LogP contribution in [0.2, 0.25) is 0 Å². The van der Waals surface area contributed by atoms with E-state index in [0.717, 1.165) is 31.5 Å². The molecule has 2 fully saturated rings. The van der Waals surface area contributed by atoms with Crippen LogP contribution in [-0.2, 0) is 11.3 Å². The maximum absolute atomic E-state index is 12.2. The molecule has 0 radical (unpaired) electrons. The number of H-pyrrole nitrogens is 1. The number of aromatic nitrogens is 3. The molecule has 1 aromatic heterocycles. The van der Waals surface area contributed by atoms with Gasteiger partial charge in [-0.3, -0.25) is 14.5 Å². The fraction of sp³-hybridized carbons (Fsp3) is 0.688. The van der Waals surface area contributed by atoms with Gasteiger partial charge in [0.25, 0.3) is 0 Å². The second-order valence-corrected chi connectivity index (χ2v) is 7.41. The van der Waals surface area contributed by atoms with Gasteiger partial charge in [0.2, 0.25) is 5.91 Å². The molecular formula is C16H24N4OS. The number of hydrogen-bond acceptors (Lipinski definition) is 3. The average molecular weight is 320 g/mol. The van der Waals surface area contributed by atoms with Gasteiger partial charge in [0.05, 0.1) is 6.54 Å². The van der Waals surface area contributed by atoms with E-state index in [1.54, 1.807) is 6.08 Å². The zero-order chi connectivity index (χ0) is 15.7. The van der Waals surface area contributed by atoms with E-state index in [9.17, 15) is 4.79 Å². The summed E-state index contributed by atoms with van der Waals surface area (Å²) < 4.78 is 2.69. The van der Waals surface area contributed by atoms with Gasteiger partial charge in [0.15, 0.2) is 10.6 Å². The molecule has 0 aliphatic heterocycles. The van der Waals surface area contributed by atoms with Gasteiger partial charge in [-0.05, 0) is 49.7 Å². The van der Waals surface area contributed by atoms with Crippen LogP contribution >= 0.6 is 12.2 Å². The monoisotopic (exact) mass is 320 g/mol. The van der Waals surface area contributed by atoms with E-state index in [1.807, 2.05) is 4.57 Å². The predicted octanol–water partition coefficient (Wildman–Crippen LogP) is 3.42. The highest BCUT2D eigenvalue weighted by Crippen LogP contribution is 2.39. The molecule has 1 heterocycles. The normalized spacial score (nSPS) is 22.7. The molecule has 1 amide bonds. The predicted molar refractivity (Wildman–Crippen MR) is 87.9 cm³/mol. The highest BCUT2D eigenvalue weighted by Gasteiger charge is 2.28. The first-order chi connectivity index (χ1) is 10.5. The number of amides is 1. The summed E-state index contributed by atoms with van der Waals surface area (Å²) in [6.07, 6.45) is 8.71. The molecule has 2 N–H and O–H groups in total. The molecule has 0 atom stereocenters. The maximum Gasteiger partial charge on any atom is 0.244 e. The van der Waals surface area contributed by atoms with Crippen LogP contribution in [0.15, 0.2) is 11.6 Å². The fourth-order valence-electron chi connectivity index (χ4n) is 3.20. The Balaban J connectivity index is 1.64. The molecule has 3 rings (SSSR count). The number of hydrogen-bond donors (Lipinski definition) is 2. The zero-order valence-electron chi connectivity index (χ0n) is 13.3. The number of rotatable bonds is 4. The van der Waals surface area contributed by atoms with Crippen molar-refractivity contribution in [1.29, 1.82) is 0 Å². The topological polar surface area (TPSA) is 62.7 Å². The van der Waals surface area contributed by atoms with Crippen molar-refractivity contribution in [3.05, 3.63) is 22.2 Å². The lowest BCUT2D eigenvalue weighted by Gasteiger charge is -2.32. The molecule has 0 unspecified atom stereocenters. The van der Waals surface area contributed by atoms with Gasteiger partial charge in [-0.15, -0.1) is 0 Å². The smallest absolute Gasteiger partial charge is 0.244 e. The Morgan fingerprint density at radius 3 is 2.95 bits per heavy atom. The number of allylic oxidation sites excluding steroid dienone is 1. The molecule has 2 aliphatic rings. The van der Waals surface area contributed by atoms with Gasteiger partial charge in [0, 0.05) is 12.1 Å². The van der Waals surface area contributed by atoms with Crippen molar-refractivity contribution < 1.29 is 4.79 Å². The first kappa shape index (κ1) is 15.5. The molecule has 120 valence electrons. The number of nitrogens with zero attached hydrogens (tertiary/aromatic N) is 2. The number of carbonyl (C=O) groups is 1. The maximum atomic E-state index is 12.2. The van der Waals surface area contributed by atoms with Crippen molar-refractivity contribution in [2.75, 3.05) is 0 Å². The second kappa shape index (κ2) is 5.99. The van der Waals surface area contributed by atoms with Crippen LogP contribution in [0.1, 0.15) is 64.2 Å². The number of aromatic amines is 1. The van der Waals surface area contributed by atoms with Gasteiger partial charge in [-0.2, -0.15) is 5.10 Å². The van der Waals surface area contributed by atoms with Crippen LogP contribution < -0.4 is 5.32 Å². The summed E-state index contributed by atoms with van der Waals surface area (Å²) in [6, 6.07) is 0.466. The number of carbonyl (C=O) groups excluding carboxylic acids is 1. The molecule has 2 saturated carbocycles. The summed E-state index contributed by atoms with van der Waals surface area (Å²) in [5.41, 5.74) is 1.40. The summed E-state index contributed by atoms with van der Waals surface area (Å²) >= 11 is 5.25. The Bertz CT molecular complexity index is 651. The largest absolute Gasteiger partial charge is 0.345 e. The number of nitrogens with one attached hydrogen (secondary N) is 2. The van der Waals surface area contributed by atoms with Gasteiger partial charge in [-0.25, -0.2) is 0 Å². The molecule has 0 saturated heterocycles.